The number of aromatic nitrogens is 2. The van der Waals surface area contributed by atoms with Crippen molar-refractivity contribution in [1.29, 1.82) is 0 Å². The molecule has 1 aliphatic heterocycles. The van der Waals surface area contributed by atoms with Gasteiger partial charge in [0.05, 0.1) is 11.4 Å². The molecule has 3 nitrogen and oxygen atoms in total. The van der Waals surface area contributed by atoms with Crippen LogP contribution in [0, 0.1) is 5.82 Å². The predicted octanol–water partition coefficient (Wildman–Crippen LogP) is 4.49. The molecular formula is C18H13FN2OS. The summed E-state index contributed by atoms with van der Waals surface area (Å²) in [5.41, 5.74) is 3.24. The van der Waals surface area contributed by atoms with Crippen LogP contribution in [0.25, 0.3) is 22.5 Å². The van der Waals surface area contributed by atoms with Gasteiger partial charge in [-0.2, -0.15) is 0 Å². The van der Waals surface area contributed by atoms with Crippen molar-refractivity contribution < 1.29 is 9.18 Å². The molecule has 0 radical (unpaired) electrons. The summed E-state index contributed by atoms with van der Waals surface area (Å²) in [6.45, 7) is 0. The SMILES string of the molecule is O=C1CCSc2nc(-c3ccccc3)c(-c3ccc(F)cc3)n21. The average Bonchev–Trinajstić information content (AvgIpc) is 2.97. The molecule has 0 amide bonds. The third kappa shape index (κ3) is 2.47. The fourth-order valence-electron chi connectivity index (χ4n) is 2.74. The number of hydrogen-bond acceptors (Lipinski definition) is 3. The minimum Gasteiger partial charge on any atom is -0.274 e. The molecule has 2 heterocycles. The number of rotatable bonds is 2. The van der Waals surface area contributed by atoms with Crippen LogP contribution < -0.4 is 0 Å². The predicted molar refractivity (Wildman–Crippen MR) is 89.0 cm³/mol. The van der Waals surface area contributed by atoms with Crippen molar-refractivity contribution in [2.24, 2.45) is 0 Å². The van der Waals surface area contributed by atoms with E-state index in [2.05, 4.69) is 4.98 Å². The second kappa shape index (κ2) is 5.66. The maximum atomic E-state index is 13.3. The number of nitrogens with zero attached hydrogens (tertiary/aromatic N) is 2. The number of carbonyl (C=O) groups excluding carboxylic acids is 1. The molecule has 0 saturated carbocycles. The van der Waals surface area contributed by atoms with Crippen molar-refractivity contribution in [2.75, 3.05) is 5.75 Å². The first kappa shape index (κ1) is 14.2. The van der Waals surface area contributed by atoms with E-state index in [4.69, 9.17) is 0 Å². The maximum Gasteiger partial charge on any atom is 0.234 e. The lowest BCUT2D eigenvalue weighted by Crippen LogP contribution is -2.18. The minimum absolute atomic E-state index is 0.0350. The van der Waals surface area contributed by atoms with Gasteiger partial charge in [-0.1, -0.05) is 42.1 Å². The summed E-state index contributed by atoms with van der Waals surface area (Å²) in [4.78, 5) is 17.1. The standard InChI is InChI=1S/C18H13FN2OS/c19-14-8-6-13(7-9-14)17-16(12-4-2-1-3-5-12)20-18-21(17)15(22)10-11-23-18/h1-9H,10-11H2. The van der Waals surface area contributed by atoms with E-state index >= 15 is 0 Å². The zero-order valence-corrected chi connectivity index (χ0v) is 13.0. The summed E-state index contributed by atoms with van der Waals surface area (Å²) >= 11 is 1.58. The highest BCUT2D eigenvalue weighted by Gasteiger charge is 2.27. The molecule has 114 valence electrons. The minimum atomic E-state index is -0.297. The van der Waals surface area contributed by atoms with Crippen LogP contribution in [-0.2, 0) is 0 Å². The molecule has 1 aliphatic rings. The van der Waals surface area contributed by atoms with Gasteiger partial charge in [0, 0.05) is 23.3 Å². The van der Waals surface area contributed by atoms with Gasteiger partial charge in [-0.3, -0.25) is 9.36 Å². The Morgan fingerprint density at radius 2 is 1.74 bits per heavy atom. The summed E-state index contributed by atoms with van der Waals surface area (Å²) in [7, 11) is 0. The van der Waals surface area contributed by atoms with E-state index in [1.807, 2.05) is 30.3 Å². The molecule has 1 aromatic heterocycles. The zero-order valence-electron chi connectivity index (χ0n) is 12.2. The van der Waals surface area contributed by atoms with Crippen LogP contribution in [0.1, 0.15) is 11.2 Å². The summed E-state index contributed by atoms with van der Waals surface area (Å²) in [6.07, 6.45) is 0.483. The van der Waals surface area contributed by atoms with Gasteiger partial charge < -0.3 is 0 Å². The molecule has 0 fully saturated rings. The summed E-state index contributed by atoms with van der Waals surface area (Å²) in [5, 5.41) is 0.708. The molecule has 5 heteroatoms. The zero-order chi connectivity index (χ0) is 15.8. The molecule has 0 unspecified atom stereocenters. The normalized spacial score (nSPS) is 13.9. The maximum absolute atomic E-state index is 13.3. The first-order valence-electron chi connectivity index (χ1n) is 7.34. The fourth-order valence-corrected chi connectivity index (χ4v) is 3.68. The van der Waals surface area contributed by atoms with Crippen molar-refractivity contribution in [3.8, 4) is 22.5 Å². The van der Waals surface area contributed by atoms with Crippen molar-refractivity contribution in [1.82, 2.24) is 9.55 Å². The highest BCUT2D eigenvalue weighted by atomic mass is 32.2. The third-order valence-corrected chi connectivity index (χ3v) is 4.75. The van der Waals surface area contributed by atoms with Gasteiger partial charge in [-0.15, -0.1) is 0 Å². The van der Waals surface area contributed by atoms with Gasteiger partial charge in [0.1, 0.15) is 5.82 Å². The second-order valence-electron chi connectivity index (χ2n) is 5.29. The second-order valence-corrected chi connectivity index (χ2v) is 6.35. The summed E-state index contributed by atoms with van der Waals surface area (Å²) in [5.74, 6) is 0.481. The van der Waals surface area contributed by atoms with Gasteiger partial charge in [0.2, 0.25) is 5.91 Å². The molecular weight excluding hydrogens is 311 g/mol. The number of halogens is 1. The van der Waals surface area contributed by atoms with Crippen LogP contribution in [0.4, 0.5) is 4.39 Å². The molecule has 3 aromatic rings. The molecule has 0 bridgehead atoms. The quantitative estimate of drug-likeness (QED) is 0.696. The topological polar surface area (TPSA) is 34.9 Å². The Morgan fingerprint density at radius 1 is 1.00 bits per heavy atom. The van der Waals surface area contributed by atoms with Crippen LogP contribution in [-0.4, -0.2) is 21.2 Å². The highest BCUT2D eigenvalue weighted by Crippen LogP contribution is 2.38. The Morgan fingerprint density at radius 3 is 2.48 bits per heavy atom. The molecule has 0 saturated heterocycles. The van der Waals surface area contributed by atoms with Crippen LogP contribution >= 0.6 is 11.8 Å². The molecule has 0 atom stereocenters. The van der Waals surface area contributed by atoms with Crippen LogP contribution in [0.3, 0.4) is 0 Å². The average molecular weight is 324 g/mol. The van der Waals surface area contributed by atoms with Crippen LogP contribution in [0.2, 0.25) is 0 Å². The lowest BCUT2D eigenvalue weighted by molar-refractivity contribution is 0.0898. The van der Waals surface area contributed by atoms with E-state index in [0.717, 1.165) is 28.3 Å². The van der Waals surface area contributed by atoms with E-state index in [1.54, 1.807) is 28.5 Å². The molecule has 0 aliphatic carbocycles. The number of carbonyl (C=O) groups is 1. The van der Waals surface area contributed by atoms with Crippen molar-refractivity contribution in [3.05, 3.63) is 60.4 Å². The molecule has 23 heavy (non-hydrogen) atoms. The number of fused-ring (bicyclic) bond motifs is 1. The van der Waals surface area contributed by atoms with E-state index in [-0.39, 0.29) is 11.7 Å². The van der Waals surface area contributed by atoms with Crippen molar-refractivity contribution in [2.45, 2.75) is 11.6 Å². The molecule has 2 aromatic carbocycles. The largest absolute Gasteiger partial charge is 0.274 e. The van der Waals surface area contributed by atoms with E-state index in [0.29, 0.717) is 11.6 Å². The number of hydrogen-bond donors (Lipinski definition) is 0. The smallest absolute Gasteiger partial charge is 0.234 e. The Balaban J connectivity index is 1.99. The molecule has 4 rings (SSSR count). The Hall–Kier alpha value is -2.40. The lowest BCUT2D eigenvalue weighted by atomic mass is 10.0. The van der Waals surface area contributed by atoms with E-state index < -0.39 is 0 Å². The summed E-state index contributed by atoms with van der Waals surface area (Å²) < 4.78 is 14.9. The summed E-state index contributed by atoms with van der Waals surface area (Å²) in [6, 6.07) is 16.0. The Labute approximate surface area is 137 Å². The van der Waals surface area contributed by atoms with Gasteiger partial charge in [-0.25, -0.2) is 9.37 Å². The van der Waals surface area contributed by atoms with E-state index in [1.165, 1.54) is 12.1 Å². The Bertz CT molecular complexity index is 872. The third-order valence-electron chi connectivity index (χ3n) is 3.81. The Kier molecular flexibility index (Phi) is 3.50. The van der Waals surface area contributed by atoms with Gasteiger partial charge in [-0.05, 0) is 24.3 Å². The first-order chi connectivity index (χ1) is 11.2. The fraction of sp³-hybridized carbons (Fsp3) is 0.111. The van der Waals surface area contributed by atoms with Crippen LogP contribution in [0.5, 0.6) is 0 Å². The van der Waals surface area contributed by atoms with Gasteiger partial charge in [0.15, 0.2) is 5.16 Å². The van der Waals surface area contributed by atoms with Crippen molar-refractivity contribution in [3.63, 3.8) is 0 Å². The first-order valence-corrected chi connectivity index (χ1v) is 8.33. The molecule has 0 N–H and O–H groups in total. The van der Waals surface area contributed by atoms with Gasteiger partial charge >= 0.3 is 0 Å². The van der Waals surface area contributed by atoms with Crippen LogP contribution in [0.15, 0.2) is 59.8 Å². The van der Waals surface area contributed by atoms with E-state index in [9.17, 15) is 9.18 Å². The van der Waals surface area contributed by atoms with Gasteiger partial charge in [0.25, 0.3) is 0 Å². The number of imidazole rings is 1. The van der Waals surface area contributed by atoms with Crippen molar-refractivity contribution >= 4 is 17.7 Å². The monoisotopic (exact) mass is 324 g/mol. The lowest BCUT2D eigenvalue weighted by Gasteiger charge is -2.14. The molecule has 0 spiro atoms. The number of benzene rings is 2. The highest BCUT2D eigenvalue weighted by molar-refractivity contribution is 7.99. The number of thioether (sulfide) groups is 1.